The maximum atomic E-state index is 11.3. The molecule has 1 aliphatic rings. The van der Waals surface area contributed by atoms with E-state index in [0.717, 1.165) is 25.0 Å². The quantitative estimate of drug-likeness (QED) is 0.580. The Morgan fingerprint density at radius 1 is 1.39 bits per heavy atom. The largest absolute Gasteiger partial charge is 0.469 e. The number of aryl methyl sites for hydroxylation is 1. The first-order valence-electron chi connectivity index (χ1n) is 6.54. The number of thioether (sulfide) groups is 1. The minimum absolute atomic E-state index is 0.0327. The second kappa shape index (κ2) is 6.28. The minimum Gasteiger partial charge on any atom is -0.469 e. The standard InChI is InChI=1S/C15H20O2S/c1-3-18-13-8-5-11(6-9-13)4-7-12-10-14(12)15(16)17-2/h5-6,8-9,12,14H,3-4,7,10H2,1-2H3. The molecule has 1 aliphatic carbocycles. The van der Waals surface area contributed by atoms with Crippen LogP contribution in [0, 0.1) is 11.8 Å². The molecular formula is C15H20O2S. The average Bonchev–Trinajstić information content (AvgIpc) is 3.17. The number of benzene rings is 1. The predicted molar refractivity (Wildman–Crippen MR) is 74.8 cm³/mol. The highest BCUT2D eigenvalue weighted by atomic mass is 32.2. The number of carbonyl (C=O) groups is 1. The van der Waals surface area contributed by atoms with Crippen LogP contribution in [0.25, 0.3) is 0 Å². The van der Waals surface area contributed by atoms with Crippen molar-refractivity contribution in [1.82, 2.24) is 0 Å². The van der Waals surface area contributed by atoms with Gasteiger partial charge in [-0.15, -0.1) is 11.8 Å². The molecule has 0 heterocycles. The first kappa shape index (κ1) is 13.5. The summed E-state index contributed by atoms with van der Waals surface area (Å²) in [6.07, 6.45) is 3.17. The maximum Gasteiger partial charge on any atom is 0.308 e. The summed E-state index contributed by atoms with van der Waals surface area (Å²) in [5.41, 5.74) is 1.37. The molecule has 0 radical (unpaired) electrons. The highest BCUT2D eigenvalue weighted by molar-refractivity contribution is 7.99. The van der Waals surface area contributed by atoms with Crippen LogP contribution in [0.15, 0.2) is 29.2 Å². The van der Waals surface area contributed by atoms with Gasteiger partial charge in [-0.1, -0.05) is 19.1 Å². The SMILES string of the molecule is CCSc1ccc(CCC2CC2C(=O)OC)cc1. The van der Waals surface area contributed by atoms with Crippen molar-refractivity contribution in [3.05, 3.63) is 29.8 Å². The van der Waals surface area contributed by atoms with Gasteiger partial charge in [0.1, 0.15) is 0 Å². The van der Waals surface area contributed by atoms with Gasteiger partial charge in [0.25, 0.3) is 0 Å². The van der Waals surface area contributed by atoms with E-state index in [-0.39, 0.29) is 11.9 Å². The fraction of sp³-hybridized carbons (Fsp3) is 0.533. The monoisotopic (exact) mass is 264 g/mol. The van der Waals surface area contributed by atoms with E-state index in [1.165, 1.54) is 17.6 Å². The van der Waals surface area contributed by atoms with E-state index in [4.69, 9.17) is 4.74 Å². The number of rotatable bonds is 6. The van der Waals surface area contributed by atoms with Gasteiger partial charge in [-0.2, -0.15) is 0 Å². The van der Waals surface area contributed by atoms with Crippen LogP contribution in [-0.4, -0.2) is 18.8 Å². The van der Waals surface area contributed by atoms with E-state index in [2.05, 4.69) is 31.2 Å². The van der Waals surface area contributed by atoms with Crippen molar-refractivity contribution >= 4 is 17.7 Å². The fourth-order valence-corrected chi connectivity index (χ4v) is 2.94. The summed E-state index contributed by atoms with van der Waals surface area (Å²) < 4.78 is 4.76. The summed E-state index contributed by atoms with van der Waals surface area (Å²) >= 11 is 1.87. The Hall–Kier alpha value is -0.960. The molecule has 1 saturated carbocycles. The van der Waals surface area contributed by atoms with Gasteiger partial charge in [0.05, 0.1) is 13.0 Å². The molecule has 0 N–H and O–H groups in total. The lowest BCUT2D eigenvalue weighted by atomic mass is 10.1. The molecule has 0 bridgehead atoms. The van der Waals surface area contributed by atoms with Crippen molar-refractivity contribution in [3.63, 3.8) is 0 Å². The molecule has 2 rings (SSSR count). The Morgan fingerprint density at radius 2 is 2.11 bits per heavy atom. The van der Waals surface area contributed by atoms with E-state index in [1.807, 2.05) is 11.8 Å². The van der Waals surface area contributed by atoms with Crippen LogP contribution in [-0.2, 0) is 16.0 Å². The van der Waals surface area contributed by atoms with Crippen LogP contribution in [0.4, 0.5) is 0 Å². The maximum absolute atomic E-state index is 11.3. The van der Waals surface area contributed by atoms with Gasteiger partial charge in [0.15, 0.2) is 0 Å². The smallest absolute Gasteiger partial charge is 0.308 e. The van der Waals surface area contributed by atoms with Gasteiger partial charge in [-0.3, -0.25) is 4.79 Å². The third-order valence-corrected chi connectivity index (χ3v) is 4.36. The zero-order valence-electron chi connectivity index (χ0n) is 11.0. The zero-order chi connectivity index (χ0) is 13.0. The van der Waals surface area contributed by atoms with E-state index < -0.39 is 0 Å². The Morgan fingerprint density at radius 3 is 2.72 bits per heavy atom. The second-order valence-electron chi connectivity index (χ2n) is 4.74. The Labute approximate surface area is 113 Å². The highest BCUT2D eigenvalue weighted by Crippen LogP contribution is 2.42. The Kier molecular flexibility index (Phi) is 4.70. The number of esters is 1. The van der Waals surface area contributed by atoms with Crippen LogP contribution >= 0.6 is 11.8 Å². The summed E-state index contributed by atoms with van der Waals surface area (Å²) in [4.78, 5) is 12.6. The van der Waals surface area contributed by atoms with E-state index >= 15 is 0 Å². The van der Waals surface area contributed by atoms with Gasteiger partial charge in [-0.05, 0) is 48.6 Å². The van der Waals surface area contributed by atoms with Gasteiger partial charge in [0, 0.05) is 4.90 Å². The van der Waals surface area contributed by atoms with Crippen molar-refractivity contribution in [1.29, 1.82) is 0 Å². The molecule has 18 heavy (non-hydrogen) atoms. The minimum atomic E-state index is -0.0327. The molecule has 1 aromatic rings. The molecule has 0 amide bonds. The summed E-state index contributed by atoms with van der Waals surface area (Å²) in [5.74, 6) is 1.80. The zero-order valence-corrected chi connectivity index (χ0v) is 11.8. The molecule has 0 aromatic heterocycles. The van der Waals surface area contributed by atoms with Crippen LogP contribution in [0.5, 0.6) is 0 Å². The van der Waals surface area contributed by atoms with Crippen molar-refractivity contribution in [2.45, 2.75) is 31.1 Å². The third-order valence-electron chi connectivity index (χ3n) is 3.46. The number of carbonyl (C=O) groups excluding carboxylic acids is 1. The van der Waals surface area contributed by atoms with Crippen LogP contribution in [0.2, 0.25) is 0 Å². The highest BCUT2D eigenvalue weighted by Gasteiger charge is 2.43. The van der Waals surface area contributed by atoms with Gasteiger partial charge in [-0.25, -0.2) is 0 Å². The topological polar surface area (TPSA) is 26.3 Å². The van der Waals surface area contributed by atoms with E-state index in [0.29, 0.717) is 5.92 Å². The molecule has 1 fully saturated rings. The summed E-state index contributed by atoms with van der Waals surface area (Å²) in [6.45, 7) is 2.17. The lowest BCUT2D eigenvalue weighted by Crippen LogP contribution is -2.04. The van der Waals surface area contributed by atoms with Gasteiger partial charge < -0.3 is 4.74 Å². The van der Waals surface area contributed by atoms with Crippen molar-refractivity contribution in [2.24, 2.45) is 11.8 Å². The first-order valence-corrected chi connectivity index (χ1v) is 7.52. The normalized spacial score (nSPS) is 21.7. The van der Waals surface area contributed by atoms with Crippen molar-refractivity contribution in [2.75, 3.05) is 12.9 Å². The molecule has 3 heteroatoms. The summed E-state index contributed by atoms with van der Waals surface area (Å²) in [5, 5.41) is 0. The van der Waals surface area contributed by atoms with Gasteiger partial charge >= 0.3 is 5.97 Å². The molecule has 0 spiro atoms. The lowest BCUT2D eigenvalue weighted by molar-refractivity contribution is -0.142. The number of hydrogen-bond donors (Lipinski definition) is 0. The molecule has 2 unspecified atom stereocenters. The molecule has 98 valence electrons. The van der Waals surface area contributed by atoms with Crippen LogP contribution in [0.3, 0.4) is 0 Å². The predicted octanol–water partition coefficient (Wildman–Crippen LogP) is 3.54. The second-order valence-corrected chi connectivity index (χ2v) is 6.08. The molecule has 2 nitrogen and oxygen atoms in total. The molecule has 0 aliphatic heterocycles. The number of methoxy groups -OCH3 is 1. The molecule has 2 atom stereocenters. The molecule has 0 saturated heterocycles. The number of hydrogen-bond acceptors (Lipinski definition) is 3. The Bertz CT molecular complexity index is 399. The lowest BCUT2D eigenvalue weighted by Gasteiger charge is -2.03. The fourth-order valence-electron chi connectivity index (χ4n) is 2.28. The van der Waals surface area contributed by atoms with E-state index in [1.54, 1.807) is 0 Å². The number of ether oxygens (including phenoxy) is 1. The summed E-state index contributed by atoms with van der Waals surface area (Å²) in [7, 11) is 1.47. The van der Waals surface area contributed by atoms with E-state index in [9.17, 15) is 4.79 Å². The average molecular weight is 264 g/mol. The summed E-state index contributed by atoms with van der Waals surface area (Å²) in [6, 6.07) is 8.78. The Balaban J connectivity index is 1.76. The van der Waals surface area contributed by atoms with Crippen molar-refractivity contribution < 1.29 is 9.53 Å². The molecule has 1 aromatic carbocycles. The third kappa shape index (κ3) is 3.52. The van der Waals surface area contributed by atoms with Crippen LogP contribution in [0.1, 0.15) is 25.3 Å². The first-order chi connectivity index (χ1) is 8.74. The van der Waals surface area contributed by atoms with Crippen LogP contribution < -0.4 is 0 Å². The van der Waals surface area contributed by atoms with Crippen molar-refractivity contribution in [3.8, 4) is 0 Å². The molecular weight excluding hydrogens is 244 g/mol. The van der Waals surface area contributed by atoms with Gasteiger partial charge in [0.2, 0.25) is 0 Å².